The lowest BCUT2D eigenvalue weighted by molar-refractivity contribution is -0.159. The largest absolute Gasteiger partial charge is 0.497 e. The van der Waals surface area contributed by atoms with Crippen LogP contribution in [0.2, 0.25) is 5.02 Å². The average molecular weight is 525 g/mol. The first-order chi connectivity index (χ1) is 16.6. The van der Waals surface area contributed by atoms with Crippen LogP contribution in [0.15, 0.2) is 47.4 Å². The summed E-state index contributed by atoms with van der Waals surface area (Å²) in [5, 5.41) is 18.0. The summed E-state index contributed by atoms with van der Waals surface area (Å²) >= 11 is 7.71. The van der Waals surface area contributed by atoms with Crippen molar-refractivity contribution in [1.82, 2.24) is 5.32 Å². The summed E-state index contributed by atoms with van der Waals surface area (Å²) in [7, 11) is 3.42. The van der Waals surface area contributed by atoms with Gasteiger partial charge in [-0.05, 0) is 42.9 Å². The zero-order chi connectivity index (χ0) is 26.1. The van der Waals surface area contributed by atoms with Crippen LogP contribution < -0.4 is 15.0 Å². The summed E-state index contributed by atoms with van der Waals surface area (Å²) in [6.45, 7) is 2.35. The van der Waals surface area contributed by atoms with E-state index in [4.69, 9.17) is 40.9 Å². The van der Waals surface area contributed by atoms with Gasteiger partial charge in [0.05, 0.1) is 18.0 Å². The van der Waals surface area contributed by atoms with E-state index in [-0.39, 0.29) is 5.91 Å². The van der Waals surface area contributed by atoms with E-state index in [0.29, 0.717) is 23.9 Å². The maximum absolute atomic E-state index is 13.5. The number of hydrogen-bond donors (Lipinski definition) is 3. The summed E-state index contributed by atoms with van der Waals surface area (Å²) in [5.41, 5.74) is 1.62. The van der Waals surface area contributed by atoms with Crippen molar-refractivity contribution in [3.05, 3.63) is 53.1 Å². The van der Waals surface area contributed by atoms with Gasteiger partial charge < -0.3 is 29.9 Å². The first-order valence-electron chi connectivity index (χ1n) is 10.3. The Hall–Kier alpha value is -3.28. The van der Waals surface area contributed by atoms with Crippen LogP contribution >= 0.6 is 23.4 Å². The molecule has 1 aliphatic heterocycles. The van der Waals surface area contributed by atoms with E-state index in [1.54, 1.807) is 18.1 Å². The lowest BCUT2D eigenvalue weighted by Gasteiger charge is -2.27. The van der Waals surface area contributed by atoms with Gasteiger partial charge in [0.25, 0.3) is 5.91 Å². The molecule has 0 aliphatic carbocycles. The second-order valence-electron chi connectivity index (χ2n) is 7.16. The molecule has 0 saturated heterocycles. The third kappa shape index (κ3) is 7.61. The third-order valence-electron chi connectivity index (χ3n) is 4.76. The van der Waals surface area contributed by atoms with Crippen LogP contribution in [-0.4, -0.2) is 67.4 Å². The molecule has 3 N–H and O–H groups in total. The fourth-order valence-corrected chi connectivity index (χ4v) is 4.78. The number of carboxylic acid groups (broad SMARTS) is 2. The molecule has 2 aromatic carbocycles. The molecule has 0 saturated carbocycles. The van der Waals surface area contributed by atoms with Gasteiger partial charge in [-0.1, -0.05) is 23.7 Å². The highest BCUT2D eigenvalue weighted by atomic mass is 35.5. The molecule has 2 aromatic rings. The number of anilines is 1. The van der Waals surface area contributed by atoms with E-state index in [0.717, 1.165) is 16.1 Å². The standard InChI is InChI=1S/C21H23ClN2O4S.C2H2O4/c1-13(25)28-19-20(14-4-7-16(27-3)8-5-14)29-18-12-15(22)6-9-17(18)24(21(19)26)11-10-23-2;3-1(4)2(5)6/h4-9,12,19-20,23H,10-11H2,1-3H3;(H,3,4)(H,5,6). The minimum atomic E-state index is -1.82. The zero-order valence-electron chi connectivity index (χ0n) is 19.2. The molecule has 0 radical (unpaired) electrons. The van der Waals surface area contributed by atoms with Crippen molar-refractivity contribution in [3.63, 3.8) is 0 Å². The number of hydrogen-bond acceptors (Lipinski definition) is 8. The minimum Gasteiger partial charge on any atom is -0.497 e. The number of fused-ring (bicyclic) bond motifs is 1. The van der Waals surface area contributed by atoms with Crippen molar-refractivity contribution >= 4 is 52.9 Å². The molecule has 12 heteroatoms. The van der Waals surface area contributed by atoms with E-state index >= 15 is 0 Å². The smallest absolute Gasteiger partial charge is 0.414 e. The summed E-state index contributed by atoms with van der Waals surface area (Å²) < 4.78 is 10.8. The first kappa shape index (κ1) is 28.0. The van der Waals surface area contributed by atoms with Crippen molar-refractivity contribution in [2.24, 2.45) is 0 Å². The number of nitrogens with zero attached hydrogens (tertiary/aromatic N) is 1. The number of amides is 1. The van der Waals surface area contributed by atoms with Crippen LogP contribution in [0.3, 0.4) is 0 Å². The van der Waals surface area contributed by atoms with Crippen molar-refractivity contribution in [2.75, 3.05) is 32.1 Å². The number of ether oxygens (including phenoxy) is 2. The van der Waals surface area contributed by atoms with Gasteiger partial charge in [-0.15, -0.1) is 11.8 Å². The van der Waals surface area contributed by atoms with Gasteiger partial charge in [0, 0.05) is 29.9 Å². The van der Waals surface area contributed by atoms with Crippen molar-refractivity contribution in [3.8, 4) is 5.75 Å². The minimum absolute atomic E-state index is 0.259. The Morgan fingerprint density at radius 2 is 1.74 bits per heavy atom. The van der Waals surface area contributed by atoms with Gasteiger partial charge >= 0.3 is 17.9 Å². The van der Waals surface area contributed by atoms with Gasteiger partial charge in [0.15, 0.2) is 6.10 Å². The van der Waals surface area contributed by atoms with Gasteiger partial charge in [0.2, 0.25) is 0 Å². The molecule has 0 aromatic heterocycles. The molecule has 2 unspecified atom stereocenters. The van der Waals surface area contributed by atoms with E-state index in [1.807, 2.05) is 43.4 Å². The molecule has 2 atom stereocenters. The number of benzene rings is 2. The van der Waals surface area contributed by atoms with Crippen LogP contribution in [0, 0.1) is 0 Å². The highest BCUT2D eigenvalue weighted by molar-refractivity contribution is 7.99. The molecular formula is C23H25ClN2O8S. The number of carbonyl (C=O) groups is 4. The fraction of sp³-hybridized carbons (Fsp3) is 0.304. The van der Waals surface area contributed by atoms with E-state index in [1.165, 1.54) is 18.7 Å². The number of methoxy groups -OCH3 is 1. The topological polar surface area (TPSA) is 142 Å². The highest BCUT2D eigenvalue weighted by Crippen LogP contribution is 2.47. The molecular weight excluding hydrogens is 500 g/mol. The fourth-order valence-electron chi connectivity index (χ4n) is 3.19. The maximum atomic E-state index is 13.5. The molecule has 0 spiro atoms. The first-order valence-corrected chi connectivity index (χ1v) is 11.5. The van der Waals surface area contributed by atoms with Crippen molar-refractivity contribution < 1.29 is 38.9 Å². The van der Waals surface area contributed by atoms with E-state index in [9.17, 15) is 9.59 Å². The van der Waals surface area contributed by atoms with Gasteiger partial charge in [-0.2, -0.15) is 0 Å². The molecule has 0 fully saturated rings. The van der Waals surface area contributed by atoms with Crippen molar-refractivity contribution in [1.29, 1.82) is 0 Å². The predicted molar refractivity (Wildman–Crippen MR) is 130 cm³/mol. The number of rotatable bonds is 6. The number of likely N-dealkylation sites (N-methyl/N-ethyl adjacent to an activating group) is 1. The highest BCUT2D eigenvalue weighted by Gasteiger charge is 2.40. The predicted octanol–water partition coefficient (Wildman–Crippen LogP) is 2.84. The lowest BCUT2D eigenvalue weighted by atomic mass is 10.1. The van der Waals surface area contributed by atoms with Gasteiger partial charge in [-0.3, -0.25) is 9.59 Å². The molecule has 0 bridgehead atoms. The Morgan fingerprint density at radius 1 is 1.11 bits per heavy atom. The average Bonchev–Trinajstić information content (AvgIpc) is 2.92. The number of halogens is 1. The summed E-state index contributed by atoms with van der Waals surface area (Å²) in [6.07, 6.45) is -0.964. The quantitative estimate of drug-likeness (QED) is 0.381. The number of esters is 1. The Kier molecular flexibility index (Phi) is 10.4. The molecule has 3 rings (SSSR count). The van der Waals surface area contributed by atoms with Crippen LogP contribution in [0.1, 0.15) is 17.7 Å². The molecule has 1 heterocycles. The van der Waals surface area contributed by atoms with Gasteiger partial charge in [-0.25, -0.2) is 9.59 Å². The molecule has 35 heavy (non-hydrogen) atoms. The number of thioether (sulfide) groups is 1. The Morgan fingerprint density at radius 3 is 2.26 bits per heavy atom. The second-order valence-corrected chi connectivity index (χ2v) is 8.78. The Balaban J connectivity index is 0.000000641. The molecule has 1 aliphatic rings. The summed E-state index contributed by atoms with van der Waals surface area (Å²) in [6, 6.07) is 12.9. The van der Waals surface area contributed by atoms with Crippen molar-refractivity contribution in [2.45, 2.75) is 23.2 Å². The molecule has 188 valence electrons. The van der Waals surface area contributed by atoms with Crippen LogP contribution in [-0.2, 0) is 23.9 Å². The van der Waals surface area contributed by atoms with E-state index in [2.05, 4.69) is 5.32 Å². The Labute approximate surface area is 211 Å². The van der Waals surface area contributed by atoms with Crippen LogP contribution in [0.5, 0.6) is 5.75 Å². The van der Waals surface area contributed by atoms with Gasteiger partial charge in [0.1, 0.15) is 5.75 Å². The van der Waals surface area contributed by atoms with Crippen LogP contribution in [0.4, 0.5) is 5.69 Å². The van der Waals surface area contributed by atoms with Crippen LogP contribution in [0.25, 0.3) is 0 Å². The molecule has 1 amide bonds. The summed E-state index contributed by atoms with van der Waals surface area (Å²) in [4.78, 5) is 46.0. The maximum Gasteiger partial charge on any atom is 0.414 e. The Bertz CT molecular complexity index is 1070. The monoisotopic (exact) mass is 524 g/mol. The molecule has 10 nitrogen and oxygen atoms in total. The number of carbonyl (C=O) groups excluding carboxylic acids is 2. The normalized spacial score (nSPS) is 16.8. The number of nitrogens with one attached hydrogen (secondary N) is 1. The lowest BCUT2D eigenvalue weighted by Crippen LogP contribution is -2.45. The zero-order valence-corrected chi connectivity index (χ0v) is 20.8. The second kappa shape index (κ2) is 13.0. The number of aliphatic carboxylic acids is 2. The third-order valence-corrected chi connectivity index (χ3v) is 6.35. The SMILES string of the molecule is CNCCN1C(=O)C(OC(C)=O)C(c2ccc(OC)cc2)Sc2cc(Cl)ccc21.O=C(O)C(=O)O. The number of carboxylic acids is 2. The van der Waals surface area contributed by atoms with E-state index < -0.39 is 29.3 Å². The summed E-state index contributed by atoms with van der Waals surface area (Å²) in [5.74, 6) is -3.70.